The predicted octanol–water partition coefficient (Wildman–Crippen LogP) is 3.10. The van der Waals surface area contributed by atoms with Crippen molar-refractivity contribution in [2.75, 3.05) is 6.16 Å². The normalized spacial score (nSPS) is 23.6. The highest BCUT2D eigenvalue weighted by molar-refractivity contribution is 7.52. The zero-order valence-corrected chi connectivity index (χ0v) is 14.1. The van der Waals surface area contributed by atoms with Gasteiger partial charge in [-0.05, 0) is 16.4 Å². The predicted molar refractivity (Wildman–Crippen MR) is 81.5 cm³/mol. The Bertz CT molecular complexity index is 457. The summed E-state index contributed by atoms with van der Waals surface area (Å²) in [5.74, 6) is 0. The van der Waals surface area contributed by atoms with E-state index in [1.807, 2.05) is 47.6 Å². The highest BCUT2D eigenvalue weighted by atomic mass is 31.2. The number of hydrogen-bond donors (Lipinski definition) is 3. The summed E-state index contributed by atoms with van der Waals surface area (Å²) in [5, 5.41) is 10.6. The van der Waals surface area contributed by atoms with Crippen molar-refractivity contribution in [1.82, 2.24) is 0 Å². The molecule has 20 heavy (non-hydrogen) atoms. The van der Waals surface area contributed by atoms with E-state index in [1.165, 1.54) is 0 Å². The molecule has 1 atom stereocenters. The first-order valence-electron chi connectivity index (χ1n) is 6.83. The SMILES string of the molecule is CC(C)(C)C1(C(C)(C)C)C=C(CP(=O)(O)O)C=CC1O. The van der Waals surface area contributed by atoms with Gasteiger partial charge in [-0.3, -0.25) is 4.57 Å². The fourth-order valence-electron chi connectivity index (χ4n) is 3.57. The van der Waals surface area contributed by atoms with Crippen LogP contribution < -0.4 is 0 Å². The lowest BCUT2D eigenvalue weighted by Gasteiger charge is -2.55. The van der Waals surface area contributed by atoms with Crippen molar-refractivity contribution in [1.29, 1.82) is 0 Å². The van der Waals surface area contributed by atoms with Crippen LogP contribution in [0.2, 0.25) is 0 Å². The van der Waals surface area contributed by atoms with E-state index >= 15 is 0 Å². The van der Waals surface area contributed by atoms with Gasteiger partial charge >= 0.3 is 7.60 Å². The third-order valence-corrected chi connectivity index (χ3v) is 5.02. The molecule has 1 unspecified atom stereocenters. The van der Waals surface area contributed by atoms with Crippen LogP contribution >= 0.6 is 7.60 Å². The second-order valence-electron chi connectivity index (χ2n) is 7.72. The molecule has 0 radical (unpaired) electrons. The summed E-state index contributed by atoms with van der Waals surface area (Å²) in [6.07, 6.45) is 4.19. The maximum absolute atomic E-state index is 11.2. The molecule has 0 bridgehead atoms. The van der Waals surface area contributed by atoms with Crippen LogP contribution in [0.15, 0.2) is 23.8 Å². The molecule has 116 valence electrons. The van der Waals surface area contributed by atoms with Crippen LogP contribution in [0.3, 0.4) is 0 Å². The number of allylic oxidation sites excluding steroid dienone is 2. The van der Waals surface area contributed by atoms with Crippen LogP contribution in [-0.2, 0) is 4.57 Å². The Morgan fingerprint density at radius 2 is 1.60 bits per heavy atom. The Hall–Kier alpha value is -0.410. The van der Waals surface area contributed by atoms with Crippen LogP contribution in [-0.4, -0.2) is 27.2 Å². The van der Waals surface area contributed by atoms with Gasteiger partial charge in [0.25, 0.3) is 0 Å². The molecule has 5 heteroatoms. The lowest BCUT2D eigenvalue weighted by molar-refractivity contribution is -0.0711. The van der Waals surface area contributed by atoms with Gasteiger partial charge in [-0.1, -0.05) is 59.8 Å². The van der Waals surface area contributed by atoms with Crippen molar-refractivity contribution < 1.29 is 19.5 Å². The van der Waals surface area contributed by atoms with E-state index in [1.54, 1.807) is 12.2 Å². The first kappa shape index (κ1) is 17.6. The molecule has 4 nitrogen and oxygen atoms in total. The maximum atomic E-state index is 11.2. The van der Waals surface area contributed by atoms with Gasteiger partial charge < -0.3 is 14.9 Å². The van der Waals surface area contributed by atoms with Crippen LogP contribution in [0.25, 0.3) is 0 Å². The molecule has 0 aromatic rings. The van der Waals surface area contributed by atoms with Crippen molar-refractivity contribution >= 4 is 7.60 Å². The van der Waals surface area contributed by atoms with Crippen molar-refractivity contribution in [2.24, 2.45) is 16.2 Å². The fourth-order valence-corrected chi connectivity index (χ4v) is 4.25. The molecule has 1 aliphatic carbocycles. The highest BCUT2D eigenvalue weighted by Crippen LogP contribution is 2.57. The summed E-state index contributed by atoms with van der Waals surface area (Å²) >= 11 is 0. The quantitative estimate of drug-likeness (QED) is 0.685. The summed E-state index contributed by atoms with van der Waals surface area (Å²) in [6.45, 7) is 12.3. The summed E-state index contributed by atoms with van der Waals surface area (Å²) in [7, 11) is -4.12. The lowest BCUT2D eigenvalue weighted by Crippen LogP contribution is -2.53. The van der Waals surface area contributed by atoms with Gasteiger partial charge in [0.2, 0.25) is 0 Å². The second-order valence-corrected chi connectivity index (χ2v) is 9.36. The molecule has 0 aromatic heterocycles. The monoisotopic (exact) mass is 302 g/mol. The molecule has 1 rings (SSSR count). The van der Waals surface area contributed by atoms with E-state index in [4.69, 9.17) is 0 Å². The van der Waals surface area contributed by atoms with Gasteiger partial charge in [0.1, 0.15) is 0 Å². The van der Waals surface area contributed by atoms with E-state index in [9.17, 15) is 19.5 Å². The maximum Gasteiger partial charge on any atom is 0.329 e. The summed E-state index contributed by atoms with van der Waals surface area (Å²) in [5.41, 5.74) is -0.502. The number of aliphatic hydroxyl groups excluding tert-OH is 1. The molecule has 0 heterocycles. The van der Waals surface area contributed by atoms with Crippen molar-refractivity contribution in [3.05, 3.63) is 23.8 Å². The molecule has 0 fully saturated rings. The van der Waals surface area contributed by atoms with E-state index in [0.29, 0.717) is 5.57 Å². The molecule has 0 amide bonds. The first-order chi connectivity index (χ1) is 8.71. The summed E-state index contributed by atoms with van der Waals surface area (Å²) < 4.78 is 11.2. The van der Waals surface area contributed by atoms with Gasteiger partial charge in [0.05, 0.1) is 12.3 Å². The molecule has 0 saturated carbocycles. The smallest absolute Gasteiger partial charge is 0.329 e. The molecule has 0 aliphatic heterocycles. The van der Waals surface area contributed by atoms with Gasteiger partial charge in [-0.25, -0.2) is 0 Å². The van der Waals surface area contributed by atoms with Gasteiger partial charge in [-0.2, -0.15) is 0 Å². The van der Waals surface area contributed by atoms with Crippen molar-refractivity contribution in [2.45, 2.75) is 47.6 Å². The van der Waals surface area contributed by atoms with Gasteiger partial charge in [0, 0.05) is 5.41 Å². The van der Waals surface area contributed by atoms with Crippen LogP contribution in [0, 0.1) is 16.2 Å². The van der Waals surface area contributed by atoms with Gasteiger partial charge in [-0.15, -0.1) is 0 Å². The fraction of sp³-hybridized carbons (Fsp3) is 0.733. The van der Waals surface area contributed by atoms with E-state index in [2.05, 4.69) is 0 Å². The third-order valence-electron chi connectivity index (χ3n) is 4.24. The van der Waals surface area contributed by atoms with Crippen LogP contribution in [0.5, 0.6) is 0 Å². The molecular weight excluding hydrogens is 275 g/mol. The Morgan fingerprint density at radius 3 is 1.95 bits per heavy atom. The molecule has 1 aliphatic rings. The van der Waals surface area contributed by atoms with Crippen molar-refractivity contribution in [3.8, 4) is 0 Å². The molecule has 0 aromatic carbocycles. The number of hydrogen-bond acceptors (Lipinski definition) is 2. The zero-order valence-electron chi connectivity index (χ0n) is 13.2. The van der Waals surface area contributed by atoms with Gasteiger partial charge in [0.15, 0.2) is 0 Å². The van der Waals surface area contributed by atoms with Crippen LogP contribution in [0.4, 0.5) is 0 Å². The lowest BCUT2D eigenvalue weighted by atomic mass is 9.50. The number of aliphatic hydroxyl groups is 1. The Morgan fingerprint density at radius 1 is 1.15 bits per heavy atom. The van der Waals surface area contributed by atoms with Crippen molar-refractivity contribution in [3.63, 3.8) is 0 Å². The first-order valence-corrected chi connectivity index (χ1v) is 8.63. The second kappa shape index (κ2) is 5.10. The Labute approximate surface area is 121 Å². The average molecular weight is 302 g/mol. The largest absolute Gasteiger partial charge is 0.388 e. The molecule has 0 spiro atoms. The van der Waals surface area contributed by atoms with E-state index in [0.717, 1.165) is 0 Å². The van der Waals surface area contributed by atoms with E-state index < -0.39 is 19.1 Å². The zero-order chi connectivity index (χ0) is 16.0. The standard InChI is InChI=1S/C15H27O4P/c1-13(2,3)15(14(4,5)6)9-11(7-8-12(15)16)10-20(17,18)19/h7-9,12,16H,10H2,1-6H3,(H2,17,18,19). The number of rotatable bonds is 2. The summed E-state index contributed by atoms with van der Waals surface area (Å²) in [6, 6.07) is 0. The molecular formula is C15H27O4P. The minimum absolute atomic E-state index is 0.254. The van der Waals surface area contributed by atoms with Crippen LogP contribution in [0.1, 0.15) is 41.5 Å². The highest BCUT2D eigenvalue weighted by Gasteiger charge is 2.54. The Kier molecular flexibility index (Phi) is 4.50. The minimum Gasteiger partial charge on any atom is -0.388 e. The summed E-state index contributed by atoms with van der Waals surface area (Å²) in [4.78, 5) is 18.4. The minimum atomic E-state index is -4.12. The van der Waals surface area contributed by atoms with E-state index in [-0.39, 0.29) is 17.0 Å². The third kappa shape index (κ3) is 3.25. The molecule has 3 N–H and O–H groups in total. The topological polar surface area (TPSA) is 77.8 Å². The molecule has 0 saturated heterocycles. The average Bonchev–Trinajstić information content (AvgIpc) is 2.14. The Balaban J connectivity index is 3.43.